The fourth-order valence-corrected chi connectivity index (χ4v) is 2.84. The van der Waals surface area contributed by atoms with Gasteiger partial charge in [-0.2, -0.15) is 0 Å². The average Bonchev–Trinajstić information content (AvgIpc) is 3.21. The van der Waals surface area contributed by atoms with Crippen molar-refractivity contribution in [3.8, 4) is 5.75 Å². The van der Waals surface area contributed by atoms with E-state index in [2.05, 4.69) is 30.9 Å². The number of benzene rings is 1. The van der Waals surface area contributed by atoms with Crippen LogP contribution in [0, 0.1) is 13.8 Å². The highest BCUT2D eigenvalue weighted by atomic mass is 32.1. The quantitative estimate of drug-likeness (QED) is 0.310. The lowest BCUT2D eigenvalue weighted by molar-refractivity contribution is 0.340. The van der Waals surface area contributed by atoms with Crippen molar-refractivity contribution >= 4 is 34.9 Å². The minimum atomic E-state index is 0.332. The molecule has 3 rings (SSSR count). The molecule has 9 heteroatoms. The van der Waals surface area contributed by atoms with E-state index < -0.39 is 0 Å². The molecule has 1 aromatic carbocycles. The van der Waals surface area contributed by atoms with Crippen LogP contribution in [0.15, 0.2) is 58.1 Å². The number of nitrogens with one attached hydrogen (secondary N) is 3. The molecule has 0 atom stereocenters. The van der Waals surface area contributed by atoms with Gasteiger partial charge in [-0.05, 0) is 75.5 Å². The second-order valence-corrected chi connectivity index (χ2v) is 6.79. The molecule has 2 heterocycles. The molecule has 0 fully saturated rings. The van der Waals surface area contributed by atoms with E-state index in [4.69, 9.17) is 21.4 Å². The molecule has 8 nitrogen and oxygen atoms in total. The normalized spacial score (nSPS) is 11.1. The highest BCUT2D eigenvalue weighted by molar-refractivity contribution is 7.80. The molecule has 0 unspecified atom stereocenters. The predicted octanol–water partition coefficient (Wildman–Crippen LogP) is 4.04. The zero-order chi connectivity index (χ0) is 21.3. The Bertz CT molecular complexity index is 983. The van der Waals surface area contributed by atoms with Crippen LogP contribution in [0.1, 0.15) is 24.1 Å². The highest BCUT2D eigenvalue weighted by Gasteiger charge is 2.08. The van der Waals surface area contributed by atoms with Crippen molar-refractivity contribution in [2.45, 2.75) is 27.3 Å². The first-order valence-electron chi connectivity index (χ1n) is 9.49. The largest absolute Gasteiger partial charge is 0.494 e. The molecule has 0 radical (unpaired) electrons. The Hall–Kier alpha value is -3.46. The van der Waals surface area contributed by atoms with E-state index in [0.29, 0.717) is 30.2 Å². The van der Waals surface area contributed by atoms with Gasteiger partial charge in [0.25, 0.3) is 0 Å². The summed E-state index contributed by atoms with van der Waals surface area (Å²) in [6.45, 7) is 6.71. The van der Waals surface area contributed by atoms with Crippen molar-refractivity contribution in [1.29, 1.82) is 0 Å². The number of thiocarbonyl (C=S) groups is 1. The van der Waals surface area contributed by atoms with Gasteiger partial charge in [0.2, 0.25) is 11.9 Å². The van der Waals surface area contributed by atoms with Gasteiger partial charge in [0.05, 0.1) is 12.9 Å². The number of ether oxygens (including phenoxy) is 1. The molecule has 156 valence electrons. The fraction of sp³-hybridized carbons (Fsp3) is 0.238. The molecule has 0 aliphatic rings. The zero-order valence-corrected chi connectivity index (χ0v) is 17.9. The Morgan fingerprint density at radius 3 is 2.47 bits per heavy atom. The van der Waals surface area contributed by atoms with Gasteiger partial charge in [-0.15, -0.1) is 0 Å². The van der Waals surface area contributed by atoms with E-state index in [1.807, 2.05) is 63.2 Å². The van der Waals surface area contributed by atoms with E-state index in [-0.39, 0.29) is 0 Å². The Kier molecular flexibility index (Phi) is 7.34. The number of aromatic nitrogens is 2. The van der Waals surface area contributed by atoms with E-state index in [1.54, 1.807) is 6.26 Å². The van der Waals surface area contributed by atoms with Crippen molar-refractivity contribution in [3.05, 3.63) is 65.9 Å². The standard InChI is InChI=1S/C21H24N6O2S/c1-4-28-17-9-7-16(8-10-17)25-21(30)27-19(22-13-18-6-5-11-29-18)26-20-23-14(2)12-15(3)24-20/h5-12H,4,13H2,1-3H3,(H3,22,23,24,25,26,27,30). The minimum absolute atomic E-state index is 0.332. The van der Waals surface area contributed by atoms with Gasteiger partial charge >= 0.3 is 0 Å². The summed E-state index contributed by atoms with van der Waals surface area (Å²) < 4.78 is 10.8. The number of hydrogen-bond acceptors (Lipinski definition) is 6. The third-order valence-electron chi connectivity index (χ3n) is 3.84. The third kappa shape index (κ3) is 6.56. The van der Waals surface area contributed by atoms with Crippen LogP contribution in [0.25, 0.3) is 0 Å². The van der Waals surface area contributed by atoms with Crippen LogP contribution in [0.4, 0.5) is 11.6 Å². The molecule has 0 saturated carbocycles. The van der Waals surface area contributed by atoms with E-state index in [0.717, 1.165) is 28.6 Å². The number of furan rings is 1. The smallest absolute Gasteiger partial charge is 0.229 e. The van der Waals surface area contributed by atoms with Crippen LogP contribution in [-0.2, 0) is 6.54 Å². The summed E-state index contributed by atoms with van der Waals surface area (Å²) in [6, 6.07) is 13.1. The Morgan fingerprint density at radius 2 is 1.83 bits per heavy atom. The third-order valence-corrected chi connectivity index (χ3v) is 4.04. The van der Waals surface area contributed by atoms with E-state index in [9.17, 15) is 0 Å². The lowest BCUT2D eigenvalue weighted by atomic mass is 10.3. The number of anilines is 2. The maximum Gasteiger partial charge on any atom is 0.229 e. The predicted molar refractivity (Wildman–Crippen MR) is 122 cm³/mol. The number of nitrogens with zero attached hydrogens (tertiary/aromatic N) is 3. The van der Waals surface area contributed by atoms with Crippen LogP contribution in [-0.4, -0.2) is 27.6 Å². The van der Waals surface area contributed by atoms with Crippen LogP contribution < -0.4 is 20.7 Å². The Morgan fingerprint density at radius 1 is 1.10 bits per heavy atom. The average molecular weight is 425 g/mol. The maximum absolute atomic E-state index is 5.46. The summed E-state index contributed by atoms with van der Waals surface area (Å²) in [5.41, 5.74) is 2.53. The highest BCUT2D eigenvalue weighted by Crippen LogP contribution is 2.15. The molecule has 0 bridgehead atoms. The monoisotopic (exact) mass is 424 g/mol. The van der Waals surface area contributed by atoms with Crippen LogP contribution >= 0.6 is 12.2 Å². The lowest BCUT2D eigenvalue weighted by Crippen LogP contribution is -2.39. The molecule has 2 aromatic heterocycles. The molecule has 3 N–H and O–H groups in total. The summed E-state index contributed by atoms with van der Waals surface area (Å²) in [5.74, 6) is 2.36. The van der Waals surface area contributed by atoms with Crippen LogP contribution in [0.2, 0.25) is 0 Å². The van der Waals surface area contributed by atoms with Gasteiger partial charge in [0.1, 0.15) is 18.1 Å². The Balaban J connectivity index is 1.70. The zero-order valence-electron chi connectivity index (χ0n) is 17.1. The van der Waals surface area contributed by atoms with Crippen LogP contribution in [0.3, 0.4) is 0 Å². The summed E-state index contributed by atoms with van der Waals surface area (Å²) in [7, 11) is 0. The summed E-state index contributed by atoms with van der Waals surface area (Å²) in [4.78, 5) is 13.3. The van der Waals surface area contributed by atoms with Crippen molar-refractivity contribution in [1.82, 2.24) is 15.3 Å². The van der Waals surface area contributed by atoms with Gasteiger partial charge in [0.15, 0.2) is 5.11 Å². The molecule has 3 aromatic rings. The molecule has 0 amide bonds. The first-order valence-corrected chi connectivity index (χ1v) is 9.89. The van der Waals surface area contributed by atoms with Crippen LogP contribution in [0.5, 0.6) is 5.75 Å². The van der Waals surface area contributed by atoms with Crippen molar-refractivity contribution in [2.75, 3.05) is 17.2 Å². The topological polar surface area (TPSA) is 96.6 Å². The second-order valence-electron chi connectivity index (χ2n) is 6.38. The summed E-state index contributed by atoms with van der Waals surface area (Å²) in [5, 5.41) is 9.65. The van der Waals surface area contributed by atoms with E-state index >= 15 is 0 Å². The molecule has 0 saturated heterocycles. The maximum atomic E-state index is 5.46. The summed E-state index contributed by atoms with van der Waals surface area (Å²) in [6.07, 6.45) is 1.61. The summed E-state index contributed by atoms with van der Waals surface area (Å²) >= 11 is 5.44. The van der Waals surface area contributed by atoms with Crippen molar-refractivity contribution < 1.29 is 9.15 Å². The van der Waals surface area contributed by atoms with Gasteiger partial charge in [-0.3, -0.25) is 5.32 Å². The second kappa shape index (κ2) is 10.4. The van der Waals surface area contributed by atoms with Gasteiger partial charge in [-0.25, -0.2) is 15.0 Å². The van der Waals surface area contributed by atoms with Gasteiger partial charge in [0, 0.05) is 17.1 Å². The number of guanidine groups is 1. The fourth-order valence-electron chi connectivity index (χ4n) is 2.63. The van der Waals surface area contributed by atoms with E-state index in [1.165, 1.54) is 0 Å². The van der Waals surface area contributed by atoms with Crippen molar-refractivity contribution in [3.63, 3.8) is 0 Å². The van der Waals surface area contributed by atoms with Gasteiger partial charge in [-0.1, -0.05) is 0 Å². The molecule has 0 aliphatic heterocycles. The number of hydrogen-bond donors (Lipinski definition) is 3. The lowest BCUT2D eigenvalue weighted by Gasteiger charge is -2.14. The molecule has 0 aliphatic carbocycles. The SMILES string of the molecule is CCOc1ccc(NC(=S)NC(=NCc2ccco2)Nc2nc(C)cc(C)n2)cc1. The first-order chi connectivity index (χ1) is 14.5. The number of rotatable bonds is 6. The Labute approximate surface area is 180 Å². The number of aryl methyl sites for hydroxylation is 2. The minimum Gasteiger partial charge on any atom is -0.494 e. The first kappa shape index (κ1) is 21.3. The molecule has 30 heavy (non-hydrogen) atoms. The molecule has 0 spiro atoms. The number of aliphatic imine (C=N–C) groups is 1. The molecular weight excluding hydrogens is 400 g/mol. The molecular formula is C21H24N6O2S. The van der Waals surface area contributed by atoms with Crippen molar-refractivity contribution in [2.24, 2.45) is 4.99 Å². The van der Waals surface area contributed by atoms with Gasteiger partial charge < -0.3 is 19.8 Å².